The van der Waals surface area contributed by atoms with Gasteiger partial charge in [-0.05, 0) is 13.8 Å². The predicted molar refractivity (Wildman–Crippen MR) is 47.9 cm³/mol. The fraction of sp³-hybridized carbons (Fsp3) is 0.750. The van der Waals surface area contributed by atoms with Gasteiger partial charge >= 0.3 is 0 Å². The third-order valence-corrected chi connectivity index (χ3v) is 2.12. The van der Waals surface area contributed by atoms with Crippen LogP contribution >= 0.6 is 0 Å². The van der Waals surface area contributed by atoms with Crippen LogP contribution in [0.1, 0.15) is 13.8 Å². The van der Waals surface area contributed by atoms with Gasteiger partial charge in [0.2, 0.25) is 11.8 Å². The highest BCUT2D eigenvalue weighted by atomic mass is 16.2. The molecule has 1 rings (SSSR count). The summed E-state index contributed by atoms with van der Waals surface area (Å²) in [5.41, 5.74) is 4.45. The van der Waals surface area contributed by atoms with Crippen molar-refractivity contribution in [1.82, 2.24) is 10.2 Å². The van der Waals surface area contributed by atoms with Crippen molar-refractivity contribution < 1.29 is 9.59 Å². The first-order valence-corrected chi connectivity index (χ1v) is 4.26. The van der Waals surface area contributed by atoms with E-state index in [9.17, 15) is 9.59 Å². The minimum absolute atomic E-state index is 0.0178. The number of rotatable bonds is 2. The molecule has 0 radical (unpaired) electrons. The Balaban J connectivity index is 2.66. The van der Waals surface area contributed by atoms with E-state index in [1.165, 1.54) is 4.90 Å². The molecule has 0 saturated carbocycles. The van der Waals surface area contributed by atoms with Crippen LogP contribution < -0.4 is 11.1 Å². The van der Waals surface area contributed by atoms with Crippen LogP contribution in [-0.2, 0) is 9.59 Å². The first kappa shape index (κ1) is 9.98. The topological polar surface area (TPSA) is 75.4 Å². The first-order valence-electron chi connectivity index (χ1n) is 4.26. The zero-order valence-electron chi connectivity index (χ0n) is 7.96. The van der Waals surface area contributed by atoms with Gasteiger partial charge in [0.05, 0.1) is 12.1 Å². The molecule has 74 valence electrons. The smallest absolute Gasteiger partial charge is 0.242 e. The Morgan fingerprint density at radius 3 is 2.85 bits per heavy atom. The summed E-state index contributed by atoms with van der Waals surface area (Å²) in [5, 5.41) is 3.07. The summed E-state index contributed by atoms with van der Waals surface area (Å²) >= 11 is 0. The molecule has 1 aliphatic heterocycles. The third-order valence-electron chi connectivity index (χ3n) is 2.12. The van der Waals surface area contributed by atoms with E-state index in [0.29, 0.717) is 13.1 Å². The van der Waals surface area contributed by atoms with Crippen molar-refractivity contribution in [1.29, 1.82) is 0 Å². The Bertz CT molecular complexity index is 238. The van der Waals surface area contributed by atoms with E-state index in [1.807, 2.05) is 0 Å². The molecule has 1 saturated heterocycles. The number of primary amides is 1. The summed E-state index contributed by atoms with van der Waals surface area (Å²) in [6.45, 7) is 4.85. The highest BCUT2D eigenvalue weighted by molar-refractivity contribution is 5.89. The fourth-order valence-corrected chi connectivity index (χ4v) is 1.41. The van der Waals surface area contributed by atoms with Crippen molar-refractivity contribution in [3.05, 3.63) is 0 Å². The summed E-state index contributed by atoms with van der Waals surface area (Å²) in [5.74, 6) is -0.538. The Labute approximate surface area is 77.3 Å². The fourth-order valence-electron chi connectivity index (χ4n) is 1.41. The third kappa shape index (κ3) is 2.18. The van der Waals surface area contributed by atoms with Gasteiger partial charge in [-0.2, -0.15) is 0 Å². The second-order valence-corrected chi connectivity index (χ2v) is 3.74. The summed E-state index contributed by atoms with van der Waals surface area (Å²) in [6.07, 6.45) is 0. The molecule has 1 aliphatic rings. The zero-order valence-corrected chi connectivity index (χ0v) is 7.96. The summed E-state index contributed by atoms with van der Waals surface area (Å²) in [4.78, 5) is 23.8. The van der Waals surface area contributed by atoms with Crippen molar-refractivity contribution in [3.63, 3.8) is 0 Å². The van der Waals surface area contributed by atoms with E-state index in [4.69, 9.17) is 5.73 Å². The van der Waals surface area contributed by atoms with Crippen LogP contribution in [0.4, 0.5) is 0 Å². The molecular formula is C8H15N3O2. The lowest BCUT2D eigenvalue weighted by atomic mass is 10.0. The summed E-state index contributed by atoms with van der Waals surface area (Å²) in [6, 6.07) is 0. The lowest BCUT2D eigenvalue weighted by Crippen LogP contribution is -2.62. The number of nitrogens with zero attached hydrogens (tertiary/aromatic N) is 1. The van der Waals surface area contributed by atoms with E-state index in [1.54, 1.807) is 13.8 Å². The van der Waals surface area contributed by atoms with Gasteiger partial charge in [-0.25, -0.2) is 0 Å². The van der Waals surface area contributed by atoms with Crippen molar-refractivity contribution in [3.8, 4) is 0 Å². The molecule has 5 nitrogen and oxygen atoms in total. The summed E-state index contributed by atoms with van der Waals surface area (Å²) < 4.78 is 0. The van der Waals surface area contributed by atoms with Gasteiger partial charge in [-0.3, -0.25) is 9.59 Å². The number of hydrogen-bond donors (Lipinski definition) is 2. The number of hydrogen-bond acceptors (Lipinski definition) is 3. The maximum absolute atomic E-state index is 11.6. The van der Waals surface area contributed by atoms with Gasteiger partial charge in [-0.1, -0.05) is 0 Å². The predicted octanol–water partition coefficient (Wildman–Crippen LogP) is -1.32. The molecule has 2 amide bonds. The lowest BCUT2D eigenvalue weighted by molar-refractivity contribution is -0.142. The molecule has 3 N–H and O–H groups in total. The number of nitrogens with one attached hydrogen (secondary N) is 1. The van der Waals surface area contributed by atoms with Crippen LogP contribution in [0.5, 0.6) is 0 Å². The van der Waals surface area contributed by atoms with Gasteiger partial charge in [-0.15, -0.1) is 0 Å². The van der Waals surface area contributed by atoms with Gasteiger partial charge < -0.3 is 16.0 Å². The Kier molecular flexibility index (Phi) is 2.56. The van der Waals surface area contributed by atoms with Crippen LogP contribution in [0.3, 0.4) is 0 Å². The normalized spacial score (nSPS) is 21.7. The van der Waals surface area contributed by atoms with Crippen LogP contribution in [0.25, 0.3) is 0 Å². The van der Waals surface area contributed by atoms with E-state index in [2.05, 4.69) is 5.32 Å². The molecule has 1 fully saturated rings. The van der Waals surface area contributed by atoms with Crippen LogP contribution in [-0.4, -0.2) is 41.9 Å². The molecule has 0 atom stereocenters. The Hall–Kier alpha value is -1.10. The molecule has 0 aromatic rings. The zero-order chi connectivity index (χ0) is 10.1. The number of carbonyl (C=O) groups is 2. The first-order chi connectivity index (χ1) is 5.93. The number of carbonyl (C=O) groups excluding carboxylic acids is 2. The molecule has 0 bridgehead atoms. The second kappa shape index (κ2) is 3.33. The standard InChI is InChI=1S/C8H15N3O2/c1-8(2)7(13)11(4-3-10-8)5-6(9)12/h10H,3-5H2,1-2H3,(H2,9,12). The second-order valence-electron chi connectivity index (χ2n) is 3.74. The minimum atomic E-state index is -0.576. The van der Waals surface area contributed by atoms with E-state index in [-0.39, 0.29) is 12.5 Å². The average Bonchev–Trinajstić information content (AvgIpc) is 1.98. The molecule has 1 heterocycles. The highest BCUT2D eigenvalue weighted by Gasteiger charge is 2.35. The monoisotopic (exact) mass is 185 g/mol. The average molecular weight is 185 g/mol. The van der Waals surface area contributed by atoms with E-state index in [0.717, 1.165) is 0 Å². The molecule has 13 heavy (non-hydrogen) atoms. The Morgan fingerprint density at radius 2 is 2.31 bits per heavy atom. The van der Waals surface area contributed by atoms with E-state index < -0.39 is 11.4 Å². The largest absolute Gasteiger partial charge is 0.368 e. The summed E-state index contributed by atoms with van der Waals surface area (Å²) in [7, 11) is 0. The van der Waals surface area contributed by atoms with E-state index >= 15 is 0 Å². The molecule has 0 aromatic heterocycles. The van der Waals surface area contributed by atoms with Gasteiger partial charge in [0.1, 0.15) is 0 Å². The van der Waals surface area contributed by atoms with Crippen LogP contribution in [0.2, 0.25) is 0 Å². The van der Waals surface area contributed by atoms with Crippen LogP contribution in [0, 0.1) is 0 Å². The molecule has 0 aromatic carbocycles. The molecule has 0 spiro atoms. The maximum atomic E-state index is 11.6. The van der Waals surface area contributed by atoms with Gasteiger partial charge in [0, 0.05) is 13.1 Å². The van der Waals surface area contributed by atoms with Gasteiger partial charge in [0.15, 0.2) is 0 Å². The molecule has 5 heteroatoms. The van der Waals surface area contributed by atoms with Crippen molar-refractivity contribution in [2.75, 3.05) is 19.6 Å². The highest BCUT2D eigenvalue weighted by Crippen LogP contribution is 2.11. The molecule has 0 aliphatic carbocycles. The van der Waals surface area contributed by atoms with Crippen molar-refractivity contribution in [2.45, 2.75) is 19.4 Å². The number of piperazine rings is 1. The minimum Gasteiger partial charge on any atom is -0.368 e. The lowest BCUT2D eigenvalue weighted by Gasteiger charge is -2.37. The van der Waals surface area contributed by atoms with Crippen LogP contribution in [0.15, 0.2) is 0 Å². The maximum Gasteiger partial charge on any atom is 0.242 e. The van der Waals surface area contributed by atoms with Crippen molar-refractivity contribution >= 4 is 11.8 Å². The SMILES string of the molecule is CC1(C)NCCN(CC(N)=O)C1=O. The number of amides is 2. The quantitative estimate of drug-likeness (QED) is 0.560. The molecule has 0 unspecified atom stereocenters. The van der Waals surface area contributed by atoms with Crippen molar-refractivity contribution in [2.24, 2.45) is 5.73 Å². The number of nitrogens with two attached hydrogens (primary N) is 1. The van der Waals surface area contributed by atoms with Gasteiger partial charge in [0.25, 0.3) is 0 Å². The Morgan fingerprint density at radius 1 is 1.69 bits per heavy atom. The molecular weight excluding hydrogens is 170 g/mol.